The average molecular weight is 404 g/mol. The molecule has 154 valence electrons. The van der Waals surface area contributed by atoms with Gasteiger partial charge in [-0.3, -0.25) is 9.59 Å². The van der Waals surface area contributed by atoms with E-state index in [1.54, 1.807) is 34.1 Å². The highest BCUT2D eigenvalue weighted by Gasteiger charge is 2.22. The van der Waals surface area contributed by atoms with E-state index in [2.05, 4.69) is 18.2 Å². The summed E-state index contributed by atoms with van der Waals surface area (Å²) in [6.45, 7) is 1.54. The van der Waals surface area contributed by atoms with E-state index >= 15 is 0 Å². The summed E-state index contributed by atoms with van der Waals surface area (Å²) in [5, 5.41) is 0. The highest BCUT2D eigenvalue weighted by atomic mass is 16.5. The van der Waals surface area contributed by atoms with Crippen LogP contribution in [0.25, 0.3) is 5.57 Å². The number of hydrogen-bond acceptors (Lipinski definition) is 4. The molecule has 1 saturated heterocycles. The van der Waals surface area contributed by atoms with Gasteiger partial charge in [0.2, 0.25) is 5.91 Å². The molecule has 2 aliphatic rings. The van der Waals surface area contributed by atoms with Gasteiger partial charge >= 0.3 is 5.97 Å². The molecule has 2 amide bonds. The van der Waals surface area contributed by atoms with Gasteiger partial charge in [-0.25, -0.2) is 4.79 Å². The third-order valence-electron chi connectivity index (χ3n) is 5.52. The molecule has 6 nitrogen and oxygen atoms in total. The van der Waals surface area contributed by atoms with E-state index in [0.29, 0.717) is 31.6 Å². The van der Waals surface area contributed by atoms with Crippen LogP contribution >= 0.6 is 0 Å². The van der Waals surface area contributed by atoms with Gasteiger partial charge in [-0.2, -0.15) is 0 Å². The molecule has 2 aromatic rings. The molecule has 0 unspecified atom stereocenters. The number of hydrogen-bond donors (Lipinski definition) is 0. The van der Waals surface area contributed by atoms with E-state index < -0.39 is 5.97 Å². The van der Waals surface area contributed by atoms with E-state index in [4.69, 9.17) is 4.74 Å². The summed E-state index contributed by atoms with van der Waals surface area (Å²) in [5.41, 5.74) is 3.55. The van der Waals surface area contributed by atoms with Crippen molar-refractivity contribution in [3.63, 3.8) is 0 Å². The van der Waals surface area contributed by atoms with Crippen LogP contribution in [-0.2, 0) is 14.3 Å². The predicted molar refractivity (Wildman–Crippen MR) is 114 cm³/mol. The smallest absolute Gasteiger partial charge is 0.338 e. The number of benzene rings is 2. The predicted octanol–water partition coefficient (Wildman–Crippen LogP) is 3.29. The minimum atomic E-state index is -0.542. The Balaban J connectivity index is 1.28. The molecule has 0 radical (unpaired) electrons. The summed E-state index contributed by atoms with van der Waals surface area (Å²) in [4.78, 5) is 39.9. The quantitative estimate of drug-likeness (QED) is 0.718. The van der Waals surface area contributed by atoms with Crippen molar-refractivity contribution in [2.75, 3.05) is 31.1 Å². The van der Waals surface area contributed by atoms with Gasteiger partial charge in [0.15, 0.2) is 6.61 Å². The van der Waals surface area contributed by atoms with Crippen molar-refractivity contribution >= 4 is 29.0 Å². The molecule has 6 heteroatoms. The highest BCUT2D eigenvalue weighted by Crippen LogP contribution is 2.23. The first-order valence-electron chi connectivity index (χ1n) is 10.2. The van der Waals surface area contributed by atoms with Crippen molar-refractivity contribution in [2.45, 2.75) is 19.3 Å². The molecule has 1 fully saturated rings. The summed E-state index contributed by atoms with van der Waals surface area (Å²) in [6, 6.07) is 16.9. The van der Waals surface area contributed by atoms with Gasteiger partial charge in [-0.15, -0.1) is 0 Å². The summed E-state index contributed by atoms with van der Waals surface area (Å²) in [5.74, 6) is -0.645. The van der Waals surface area contributed by atoms with Crippen molar-refractivity contribution in [3.05, 3.63) is 71.8 Å². The molecule has 0 spiro atoms. The van der Waals surface area contributed by atoms with E-state index in [9.17, 15) is 14.4 Å². The largest absolute Gasteiger partial charge is 0.452 e. The standard InChI is InChI=1S/C24H24N2O4/c27-22-7-4-14-26(22)21-10-8-20(9-11-21)24(29)30-17-23(28)25-15-12-19(13-16-25)18-5-2-1-3-6-18/h1-3,5-6,8-12H,4,7,13-17H2. The Bertz CT molecular complexity index is 966. The molecule has 30 heavy (non-hydrogen) atoms. The minimum Gasteiger partial charge on any atom is -0.452 e. The van der Waals surface area contributed by atoms with E-state index in [1.807, 2.05) is 18.2 Å². The van der Waals surface area contributed by atoms with Crippen LogP contribution in [0.15, 0.2) is 60.7 Å². The van der Waals surface area contributed by atoms with Crippen LogP contribution in [0.3, 0.4) is 0 Å². The first-order chi connectivity index (χ1) is 14.6. The lowest BCUT2D eigenvalue weighted by Crippen LogP contribution is -2.37. The lowest BCUT2D eigenvalue weighted by Gasteiger charge is -2.26. The Hall–Kier alpha value is -3.41. The zero-order chi connectivity index (χ0) is 20.9. The van der Waals surface area contributed by atoms with E-state index in [0.717, 1.165) is 18.5 Å². The van der Waals surface area contributed by atoms with Gasteiger partial charge in [0.05, 0.1) is 5.56 Å². The third kappa shape index (κ3) is 4.43. The number of carbonyl (C=O) groups excluding carboxylic acids is 3. The first kappa shape index (κ1) is 19.9. The molecule has 2 aromatic carbocycles. The fourth-order valence-electron chi connectivity index (χ4n) is 3.81. The summed E-state index contributed by atoms with van der Waals surface area (Å²) in [7, 11) is 0. The second-order valence-electron chi connectivity index (χ2n) is 7.46. The molecule has 4 rings (SSSR count). The lowest BCUT2D eigenvalue weighted by atomic mass is 10.00. The monoisotopic (exact) mass is 404 g/mol. The second-order valence-corrected chi connectivity index (χ2v) is 7.46. The van der Waals surface area contributed by atoms with Gasteiger partial charge in [0.1, 0.15) is 0 Å². The van der Waals surface area contributed by atoms with Crippen molar-refractivity contribution < 1.29 is 19.1 Å². The number of ether oxygens (including phenoxy) is 1. The highest BCUT2D eigenvalue weighted by molar-refractivity contribution is 5.96. The molecule has 0 bridgehead atoms. The minimum absolute atomic E-state index is 0.0990. The third-order valence-corrected chi connectivity index (χ3v) is 5.52. The van der Waals surface area contributed by atoms with E-state index in [-0.39, 0.29) is 18.4 Å². The van der Waals surface area contributed by atoms with Crippen LogP contribution in [-0.4, -0.2) is 48.9 Å². The van der Waals surface area contributed by atoms with Crippen LogP contribution in [0.4, 0.5) is 5.69 Å². The normalized spacial score (nSPS) is 16.4. The number of esters is 1. The Morgan fingerprint density at radius 1 is 0.933 bits per heavy atom. The van der Waals surface area contributed by atoms with Crippen molar-refractivity contribution in [3.8, 4) is 0 Å². The number of anilines is 1. The molecule has 0 aromatic heterocycles. The Morgan fingerprint density at radius 2 is 1.70 bits per heavy atom. The molecule has 0 saturated carbocycles. The lowest BCUT2D eigenvalue weighted by molar-refractivity contribution is -0.134. The van der Waals surface area contributed by atoms with E-state index in [1.165, 1.54) is 11.1 Å². The Kier molecular flexibility index (Phi) is 5.93. The van der Waals surface area contributed by atoms with Crippen LogP contribution < -0.4 is 4.90 Å². The molecule has 0 N–H and O–H groups in total. The fraction of sp³-hybridized carbons (Fsp3) is 0.292. The summed E-state index contributed by atoms with van der Waals surface area (Å²) < 4.78 is 5.21. The maximum absolute atomic E-state index is 12.4. The zero-order valence-corrected chi connectivity index (χ0v) is 16.8. The van der Waals surface area contributed by atoms with Gasteiger partial charge in [-0.1, -0.05) is 36.4 Å². The van der Waals surface area contributed by atoms with Gasteiger partial charge in [-0.05, 0) is 48.2 Å². The first-order valence-corrected chi connectivity index (χ1v) is 10.2. The zero-order valence-electron chi connectivity index (χ0n) is 16.8. The number of nitrogens with zero attached hydrogens (tertiary/aromatic N) is 2. The van der Waals surface area contributed by atoms with Gasteiger partial charge in [0, 0.05) is 31.7 Å². The SMILES string of the molecule is O=C(OCC(=O)N1CC=C(c2ccccc2)CC1)c1ccc(N2CCCC2=O)cc1. The summed E-state index contributed by atoms with van der Waals surface area (Å²) in [6.07, 6.45) is 4.24. The van der Waals surface area contributed by atoms with Crippen LogP contribution in [0.1, 0.15) is 35.2 Å². The van der Waals surface area contributed by atoms with Crippen molar-refractivity contribution in [1.82, 2.24) is 4.90 Å². The molecular weight excluding hydrogens is 380 g/mol. The second kappa shape index (κ2) is 8.95. The summed E-state index contributed by atoms with van der Waals surface area (Å²) >= 11 is 0. The fourth-order valence-corrected chi connectivity index (χ4v) is 3.81. The molecule has 0 aliphatic carbocycles. The van der Waals surface area contributed by atoms with Crippen molar-refractivity contribution in [1.29, 1.82) is 0 Å². The van der Waals surface area contributed by atoms with Gasteiger partial charge in [0.25, 0.3) is 5.91 Å². The molecule has 2 aliphatic heterocycles. The molecule has 2 heterocycles. The Morgan fingerprint density at radius 3 is 2.33 bits per heavy atom. The number of amides is 2. The molecular formula is C24H24N2O4. The van der Waals surface area contributed by atoms with Crippen molar-refractivity contribution in [2.24, 2.45) is 0 Å². The maximum atomic E-state index is 12.4. The topological polar surface area (TPSA) is 66.9 Å². The maximum Gasteiger partial charge on any atom is 0.338 e. The number of carbonyl (C=O) groups is 3. The van der Waals surface area contributed by atoms with Crippen LogP contribution in [0, 0.1) is 0 Å². The van der Waals surface area contributed by atoms with Gasteiger partial charge < -0.3 is 14.5 Å². The van der Waals surface area contributed by atoms with Crippen LogP contribution in [0.2, 0.25) is 0 Å². The number of rotatable bonds is 5. The van der Waals surface area contributed by atoms with Crippen LogP contribution in [0.5, 0.6) is 0 Å². The molecule has 0 atom stereocenters. The Labute approximate surface area is 175 Å². The average Bonchev–Trinajstić information content (AvgIpc) is 3.24.